The van der Waals surface area contributed by atoms with E-state index in [0.29, 0.717) is 5.56 Å². The summed E-state index contributed by atoms with van der Waals surface area (Å²) in [6.07, 6.45) is 0.110. The maximum Gasteiger partial charge on any atom is 0.240 e. The van der Waals surface area contributed by atoms with E-state index >= 15 is 0 Å². The predicted octanol–water partition coefficient (Wildman–Crippen LogP) is 3.34. The van der Waals surface area contributed by atoms with E-state index in [1.165, 1.54) is 12.1 Å². The van der Waals surface area contributed by atoms with Crippen LogP contribution in [0, 0.1) is 5.82 Å². The fourth-order valence-electron chi connectivity index (χ4n) is 3.40. The highest BCUT2D eigenvalue weighted by atomic mass is 19.1. The Labute approximate surface area is 169 Å². The topological polar surface area (TPSA) is 72.2 Å². The molecule has 3 aromatic carbocycles. The summed E-state index contributed by atoms with van der Waals surface area (Å²) in [4.78, 5) is 25.5. The Morgan fingerprint density at radius 2 is 1.48 bits per heavy atom. The van der Waals surface area contributed by atoms with Crippen molar-refractivity contribution in [2.45, 2.75) is 24.8 Å². The molecule has 0 aliphatic heterocycles. The second-order valence-corrected chi connectivity index (χ2v) is 7.12. The number of nitrogens with two attached hydrogens (primary N) is 1. The lowest BCUT2D eigenvalue weighted by atomic mass is 9.75. The minimum atomic E-state index is -1.03. The highest BCUT2D eigenvalue weighted by molar-refractivity contribution is 5.95. The Morgan fingerprint density at radius 1 is 0.931 bits per heavy atom. The van der Waals surface area contributed by atoms with Crippen molar-refractivity contribution in [3.63, 3.8) is 0 Å². The third-order valence-electron chi connectivity index (χ3n) is 5.13. The maximum absolute atomic E-state index is 13.5. The second kappa shape index (κ2) is 8.69. The molecular weight excluding hydrogens is 367 g/mol. The molecule has 3 rings (SSSR count). The summed E-state index contributed by atoms with van der Waals surface area (Å²) in [5.41, 5.74) is 6.67. The lowest BCUT2D eigenvalue weighted by Crippen LogP contribution is -2.52. The second-order valence-electron chi connectivity index (χ2n) is 7.12. The Morgan fingerprint density at radius 3 is 1.97 bits per heavy atom. The molecule has 1 atom stereocenters. The minimum Gasteiger partial charge on any atom is -0.368 e. The minimum absolute atomic E-state index is 0.110. The van der Waals surface area contributed by atoms with Crippen LogP contribution in [0.25, 0.3) is 0 Å². The van der Waals surface area contributed by atoms with Gasteiger partial charge in [0, 0.05) is 6.42 Å². The zero-order valence-electron chi connectivity index (χ0n) is 16.1. The Bertz CT molecular complexity index is 951. The zero-order chi connectivity index (χ0) is 20.9. The molecule has 148 valence electrons. The normalized spacial score (nSPS) is 12.2. The molecule has 0 aromatic heterocycles. The van der Waals surface area contributed by atoms with Gasteiger partial charge < -0.3 is 11.1 Å². The van der Waals surface area contributed by atoms with Gasteiger partial charge in [-0.3, -0.25) is 9.59 Å². The van der Waals surface area contributed by atoms with Crippen LogP contribution in [0.15, 0.2) is 84.9 Å². The number of primary amides is 1. The van der Waals surface area contributed by atoms with Crippen molar-refractivity contribution in [2.24, 2.45) is 5.73 Å². The van der Waals surface area contributed by atoms with Gasteiger partial charge >= 0.3 is 0 Å². The molecule has 0 aliphatic carbocycles. The van der Waals surface area contributed by atoms with Crippen molar-refractivity contribution in [1.82, 2.24) is 5.32 Å². The van der Waals surface area contributed by atoms with Crippen molar-refractivity contribution in [3.8, 4) is 0 Å². The third kappa shape index (κ3) is 4.51. The largest absolute Gasteiger partial charge is 0.368 e. The van der Waals surface area contributed by atoms with Gasteiger partial charge in [-0.1, -0.05) is 72.8 Å². The molecule has 0 fully saturated rings. The first-order valence-corrected chi connectivity index (χ1v) is 9.37. The summed E-state index contributed by atoms with van der Waals surface area (Å²) in [6, 6.07) is 23.6. The quantitative estimate of drug-likeness (QED) is 0.649. The van der Waals surface area contributed by atoms with Gasteiger partial charge in [-0.15, -0.1) is 0 Å². The number of amides is 2. The van der Waals surface area contributed by atoms with Crippen LogP contribution in [0.2, 0.25) is 0 Å². The number of halogens is 1. The number of nitrogens with one attached hydrogen (secondary N) is 1. The van der Waals surface area contributed by atoms with Crippen LogP contribution in [0.4, 0.5) is 4.39 Å². The van der Waals surface area contributed by atoms with E-state index < -0.39 is 23.2 Å². The first-order valence-electron chi connectivity index (χ1n) is 9.37. The number of hydrogen-bond donors (Lipinski definition) is 2. The molecule has 0 radical (unpaired) electrons. The smallest absolute Gasteiger partial charge is 0.240 e. The van der Waals surface area contributed by atoms with Crippen molar-refractivity contribution in [2.75, 3.05) is 0 Å². The van der Waals surface area contributed by atoms with Gasteiger partial charge in [0.15, 0.2) is 0 Å². The van der Waals surface area contributed by atoms with Crippen LogP contribution >= 0.6 is 0 Å². The Hall–Kier alpha value is -3.47. The van der Waals surface area contributed by atoms with Crippen LogP contribution in [0.5, 0.6) is 0 Å². The summed E-state index contributed by atoms with van der Waals surface area (Å²) in [5.74, 6) is -1.43. The van der Waals surface area contributed by atoms with Gasteiger partial charge in [0.2, 0.25) is 11.8 Å². The number of carbonyl (C=O) groups is 2. The maximum atomic E-state index is 13.5. The molecule has 0 heterocycles. The molecule has 0 bridgehead atoms. The summed E-state index contributed by atoms with van der Waals surface area (Å²) < 4.78 is 13.5. The standard InChI is InChI=1S/C24H23FN2O2/c1-24(18-10-4-2-5-11-18,19-12-6-3-7-13-19)23(29)27-21(22(26)28)16-17-9-8-14-20(25)15-17/h2-15,21H,16H2,1H3,(H2,26,28)(H,27,29)/t21-/m0/s1. The molecule has 0 spiro atoms. The van der Waals surface area contributed by atoms with Crippen LogP contribution in [-0.2, 0) is 21.4 Å². The predicted molar refractivity (Wildman–Crippen MR) is 111 cm³/mol. The van der Waals surface area contributed by atoms with Gasteiger partial charge in [0.1, 0.15) is 11.9 Å². The number of rotatable bonds is 7. The molecule has 0 unspecified atom stereocenters. The third-order valence-corrected chi connectivity index (χ3v) is 5.13. The number of carbonyl (C=O) groups excluding carboxylic acids is 2. The van der Waals surface area contributed by atoms with Crippen molar-refractivity contribution >= 4 is 11.8 Å². The highest BCUT2D eigenvalue weighted by Gasteiger charge is 2.38. The lowest BCUT2D eigenvalue weighted by molar-refractivity contribution is -0.129. The summed E-state index contributed by atoms with van der Waals surface area (Å²) >= 11 is 0. The first kappa shape index (κ1) is 20.3. The van der Waals surface area contributed by atoms with Gasteiger partial charge in [-0.05, 0) is 35.7 Å². The van der Waals surface area contributed by atoms with Crippen LogP contribution in [0.3, 0.4) is 0 Å². The van der Waals surface area contributed by atoms with Crippen LogP contribution < -0.4 is 11.1 Å². The number of hydrogen-bond acceptors (Lipinski definition) is 2. The van der Waals surface area contributed by atoms with Gasteiger partial charge in [-0.25, -0.2) is 4.39 Å². The molecule has 29 heavy (non-hydrogen) atoms. The summed E-state index contributed by atoms with van der Waals surface area (Å²) in [5, 5.41) is 2.79. The molecule has 0 saturated carbocycles. The molecule has 2 amide bonds. The van der Waals surface area contributed by atoms with Gasteiger partial charge in [0.25, 0.3) is 0 Å². The van der Waals surface area contributed by atoms with E-state index in [9.17, 15) is 14.0 Å². The molecular formula is C24H23FN2O2. The van der Waals surface area contributed by atoms with Crippen LogP contribution in [0.1, 0.15) is 23.6 Å². The SMILES string of the molecule is CC(C(=O)N[C@@H](Cc1cccc(F)c1)C(N)=O)(c1ccccc1)c1ccccc1. The number of benzene rings is 3. The Balaban J connectivity index is 1.94. The first-order chi connectivity index (χ1) is 13.9. The summed E-state index contributed by atoms with van der Waals surface area (Å²) in [6.45, 7) is 1.81. The molecule has 5 heteroatoms. The zero-order valence-corrected chi connectivity index (χ0v) is 16.1. The van der Waals surface area contributed by atoms with Gasteiger partial charge in [-0.2, -0.15) is 0 Å². The average molecular weight is 390 g/mol. The van der Waals surface area contributed by atoms with E-state index in [-0.39, 0.29) is 12.3 Å². The monoisotopic (exact) mass is 390 g/mol. The van der Waals surface area contributed by atoms with E-state index in [1.807, 2.05) is 67.6 Å². The summed E-state index contributed by atoms with van der Waals surface area (Å²) in [7, 11) is 0. The molecule has 3 aromatic rings. The average Bonchev–Trinajstić information content (AvgIpc) is 2.73. The lowest BCUT2D eigenvalue weighted by Gasteiger charge is -2.31. The molecule has 4 nitrogen and oxygen atoms in total. The van der Waals surface area contributed by atoms with Crippen molar-refractivity contribution < 1.29 is 14.0 Å². The highest BCUT2D eigenvalue weighted by Crippen LogP contribution is 2.32. The molecule has 0 saturated heterocycles. The van der Waals surface area contributed by atoms with Crippen LogP contribution in [-0.4, -0.2) is 17.9 Å². The van der Waals surface area contributed by atoms with Crippen molar-refractivity contribution in [1.29, 1.82) is 0 Å². The van der Waals surface area contributed by atoms with E-state index in [4.69, 9.17) is 5.73 Å². The molecule has 0 aliphatic rings. The van der Waals surface area contributed by atoms with Crippen molar-refractivity contribution in [3.05, 3.63) is 107 Å². The van der Waals surface area contributed by atoms with E-state index in [0.717, 1.165) is 11.1 Å². The molecule has 3 N–H and O–H groups in total. The fraction of sp³-hybridized carbons (Fsp3) is 0.167. The Kier molecular flexibility index (Phi) is 6.07. The van der Waals surface area contributed by atoms with E-state index in [2.05, 4.69) is 5.32 Å². The fourth-order valence-corrected chi connectivity index (χ4v) is 3.40. The van der Waals surface area contributed by atoms with Gasteiger partial charge in [0.05, 0.1) is 5.41 Å². The van der Waals surface area contributed by atoms with E-state index in [1.54, 1.807) is 12.1 Å².